The molecule has 0 saturated carbocycles. The van der Waals surface area contributed by atoms with E-state index >= 15 is 0 Å². The maximum atomic E-state index is 14.1. The van der Waals surface area contributed by atoms with Crippen molar-refractivity contribution in [3.63, 3.8) is 0 Å². The maximum absolute atomic E-state index is 14.1. The summed E-state index contributed by atoms with van der Waals surface area (Å²) in [5.74, 6) is 2.51. The molecule has 6 aromatic heterocycles. The number of pyridine rings is 2. The third kappa shape index (κ3) is 12.3. The van der Waals surface area contributed by atoms with E-state index in [2.05, 4.69) is 62.1 Å². The van der Waals surface area contributed by atoms with Gasteiger partial charge in [0, 0.05) is 75.7 Å². The van der Waals surface area contributed by atoms with Gasteiger partial charge < -0.3 is 49.2 Å². The number of nitrogens with zero attached hydrogens (tertiary/aromatic N) is 15. The number of carbonyl (C=O) groups is 2. The first kappa shape index (κ1) is 59.5. The number of imidazole rings is 1. The van der Waals surface area contributed by atoms with Gasteiger partial charge in [-0.3, -0.25) is 14.2 Å². The number of fused-ring (bicyclic) bond motifs is 4. The highest BCUT2D eigenvalue weighted by atomic mass is 19.4. The van der Waals surface area contributed by atoms with Crippen LogP contribution in [0.3, 0.4) is 0 Å². The van der Waals surface area contributed by atoms with Gasteiger partial charge in [-0.2, -0.15) is 8.78 Å². The quantitative estimate of drug-likeness (QED) is 0.0637. The number of halogens is 5. The van der Waals surface area contributed by atoms with Crippen LogP contribution >= 0.6 is 0 Å². The molecule has 4 aromatic carbocycles. The Morgan fingerprint density at radius 2 is 1.31 bits per heavy atom. The number of carbonyl (C=O) groups excluding carboxylic acids is 2. The van der Waals surface area contributed by atoms with Gasteiger partial charge in [0.15, 0.2) is 17.4 Å². The van der Waals surface area contributed by atoms with E-state index < -0.39 is 24.2 Å². The number of piperazine rings is 2. The molecular formula is C62H58F5N17O6. The number of anilines is 6. The Morgan fingerprint density at radius 1 is 0.711 bits per heavy atom. The molecule has 10 aromatic rings. The Labute approximate surface area is 510 Å². The molecule has 0 unspecified atom stereocenters. The molecule has 0 bridgehead atoms. The highest BCUT2D eigenvalue weighted by Gasteiger charge is 2.37. The lowest BCUT2D eigenvalue weighted by atomic mass is 9.98. The molecule has 23 nitrogen and oxygen atoms in total. The standard InChI is InChI=1S/C62H58F5N17O6/c1-8-54(85)83-23-21-80(31-61(83,5)6)53-18-14-41-57(76-53)59(71-33-69-41)74-45-25-36(3)49(29-51(45)90-62(65,66)67)89-39-12-16-47-43(27-39)77-78-84(47)19-9-10-55(86)81-22-20-79(30-37(81)4)52-17-13-40-56(75-52)58(70-32-68-40)73-44-24-35(2)48(28-50(44)87-7)88-38-11-15-46-42(26-38)72-34-82(46)60(63)64/h8-18,24-29,32-34,37,60H,1,19-23,30-31H2,2-7H3,(H,68,70,73)(H,69,71,74)/b10-9+/t37-/m1/s1. The van der Waals surface area contributed by atoms with Crippen molar-refractivity contribution in [3.8, 4) is 34.5 Å². The number of amides is 2. The lowest BCUT2D eigenvalue weighted by Gasteiger charge is -2.47. The second-order valence-corrected chi connectivity index (χ2v) is 22.1. The zero-order valence-electron chi connectivity index (χ0n) is 49.4. The summed E-state index contributed by atoms with van der Waals surface area (Å²) in [4.78, 5) is 65.5. The van der Waals surface area contributed by atoms with Gasteiger partial charge in [-0.05, 0) is 112 Å². The number of methoxy groups -OCH3 is 1. The predicted octanol–water partition coefficient (Wildman–Crippen LogP) is 11.4. The van der Waals surface area contributed by atoms with Crippen molar-refractivity contribution in [3.05, 3.63) is 140 Å². The number of alkyl halides is 5. The second kappa shape index (κ2) is 24.1. The summed E-state index contributed by atoms with van der Waals surface area (Å²) >= 11 is 0. The van der Waals surface area contributed by atoms with Crippen molar-refractivity contribution < 1.29 is 50.5 Å². The molecule has 1 atom stereocenters. The lowest BCUT2D eigenvalue weighted by molar-refractivity contribution is -0.274. The van der Waals surface area contributed by atoms with Crippen LogP contribution in [0.25, 0.3) is 44.1 Å². The van der Waals surface area contributed by atoms with E-state index in [1.807, 2.05) is 50.8 Å². The Hall–Kier alpha value is -10.8. The summed E-state index contributed by atoms with van der Waals surface area (Å²) in [7, 11) is 1.53. The topological polar surface area (TPSA) is 234 Å². The van der Waals surface area contributed by atoms with E-state index in [0.29, 0.717) is 124 Å². The van der Waals surface area contributed by atoms with Crippen LogP contribution in [0.1, 0.15) is 38.4 Å². The van der Waals surface area contributed by atoms with Gasteiger partial charge in [-0.25, -0.2) is 39.6 Å². The van der Waals surface area contributed by atoms with E-state index in [0.717, 1.165) is 22.5 Å². The Kier molecular flexibility index (Phi) is 15.9. The average molecular weight is 1230 g/mol. The number of hydrogen-bond donors (Lipinski definition) is 2. The second-order valence-electron chi connectivity index (χ2n) is 22.1. The van der Waals surface area contributed by atoms with Crippen LogP contribution in [0, 0.1) is 13.8 Å². The summed E-state index contributed by atoms with van der Waals surface area (Å²) < 4.78 is 94.0. The Balaban J connectivity index is 0.680. The number of benzene rings is 4. The van der Waals surface area contributed by atoms with Gasteiger partial charge in [0.25, 0.3) is 0 Å². The molecule has 2 amide bonds. The van der Waals surface area contributed by atoms with Gasteiger partial charge >= 0.3 is 12.9 Å². The Bertz CT molecular complexity index is 4460. The van der Waals surface area contributed by atoms with Gasteiger partial charge in [0.2, 0.25) is 11.8 Å². The fourth-order valence-corrected chi connectivity index (χ4v) is 11.1. The van der Waals surface area contributed by atoms with Crippen LogP contribution in [-0.2, 0) is 16.1 Å². The van der Waals surface area contributed by atoms with Crippen LogP contribution in [0.4, 0.5) is 56.6 Å². The van der Waals surface area contributed by atoms with E-state index in [4.69, 9.17) is 24.2 Å². The van der Waals surface area contributed by atoms with Crippen molar-refractivity contribution in [1.29, 1.82) is 0 Å². The highest BCUT2D eigenvalue weighted by Crippen LogP contribution is 2.42. The fraction of sp³-hybridized carbons (Fsp3) is 0.274. The molecule has 0 aliphatic carbocycles. The summed E-state index contributed by atoms with van der Waals surface area (Å²) in [6.45, 7) is 13.3. The van der Waals surface area contributed by atoms with E-state index in [1.54, 1.807) is 76.0 Å². The molecule has 12 rings (SSSR count). The maximum Gasteiger partial charge on any atom is 0.573 e. The first-order valence-electron chi connectivity index (χ1n) is 28.4. The van der Waals surface area contributed by atoms with Gasteiger partial charge in [0.1, 0.15) is 75.9 Å². The number of nitrogens with one attached hydrogen (secondary N) is 2. The van der Waals surface area contributed by atoms with E-state index in [-0.39, 0.29) is 52.9 Å². The van der Waals surface area contributed by atoms with Crippen molar-refractivity contribution in [1.82, 2.24) is 64.2 Å². The molecule has 462 valence electrons. The molecule has 2 aliphatic heterocycles. The number of ether oxygens (including phenoxy) is 4. The minimum atomic E-state index is -5.07. The van der Waals surface area contributed by atoms with Crippen molar-refractivity contribution in [2.45, 2.75) is 65.7 Å². The molecule has 2 fully saturated rings. The largest absolute Gasteiger partial charge is 0.573 e. The van der Waals surface area contributed by atoms with Crippen LogP contribution < -0.4 is 39.4 Å². The zero-order chi connectivity index (χ0) is 63.2. The monoisotopic (exact) mass is 1230 g/mol. The Morgan fingerprint density at radius 3 is 1.91 bits per heavy atom. The average Bonchev–Trinajstić information content (AvgIpc) is 1.70. The SMILES string of the molecule is C=CC(=O)N1CCN(c2ccc3ncnc(Nc4cc(C)c(Oc5ccc6c(c5)nnn6C/C=C/C(=O)N5CCN(c6ccc7ncnc(Nc8cc(C)c(Oc9ccc%10c(c9)ncn%10C(F)F)cc8OC)c7n6)C[C@H]5C)cc4OC(F)(F)F)c3n2)CC1(C)C. The summed E-state index contributed by atoms with van der Waals surface area (Å²) in [5.41, 5.74) is 4.70. The van der Waals surface area contributed by atoms with Gasteiger partial charge in [-0.15, -0.1) is 18.3 Å². The van der Waals surface area contributed by atoms with Crippen LogP contribution in [0.5, 0.6) is 34.5 Å². The van der Waals surface area contributed by atoms with Gasteiger partial charge in [0.05, 0.1) is 58.2 Å². The van der Waals surface area contributed by atoms with Crippen LogP contribution in [-0.4, -0.2) is 140 Å². The minimum Gasteiger partial charge on any atom is -0.494 e. The summed E-state index contributed by atoms with van der Waals surface area (Å²) in [6, 6.07) is 22.9. The molecule has 28 heteroatoms. The molecule has 2 saturated heterocycles. The molecule has 2 N–H and O–H groups in total. The van der Waals surface area contributed by atoms with Gasteiger partial charge in [-0.1, -0.05) is 17.9 Å². The zero-order valence-corrected chi connectivity index (χ0v) is 49.4. The number of aromatic nitrogens is 11. The smallest absolute Gasteiger partial charge is 0.494 e. The fourth-order valence-electron chi connectivity index (χ4n) is 11.1. The molecule has 0 radical (unpaired) electrons. The third-order valence-corrected chi connectivity index (χ3v) is 15.6. The molecule has 90 heavy (non-hydrogen) atoms. The van der Waals surface area contributed by atoms with E-state index in [1.165, 1.54) is 44.0 Å². The molecule has 8 heterocycles. The molecular weight excluding hydrogens is 1170 g/mol. The van der Waals surface area contributed by atoms with Crippen molar-refractivity contribution in [2.24, 2.45) is 0 Å². The lowest BCUT2D eigenvalue weighted by Crippen LogP contribution is -2.61. The van der Waals surface area contributed by atoms with Crippen LogP contribution in [0.15, 0.2) is 129 Å². The first-order valence-corrected chi connectivity index (χ1v) is 28.4. The van der Waals surface area contributed by atoms with E-state index in [9.17, 15) is 31.5 Å². The molecule has 2 aliphatic rings. The first-order chi connectivity index (χ1) is 43.2. The summed E-state index contributed by atoms with van der Waals surface area (Å²) in [5, 5.41) is 14.9. The number of aryl methyl sites for hydroxylation is 2. The third-order valence-electron chi connectivity index (χ3n) is 15.6. The number of rotatable bonds is 17. The minimum absolute atomic E-state index is 0.0599. The summed E-state index contributed by atoms with van der Waals surface area (Å²) in [6.07, 6.45) is 3.23. The van der Waals surface area contributed by atoms with Crippen molar-refractivity contribution in [2.75, 3.05) is 66.8 Å². The molecule has 0 spiro atoms. The number of hydrogen-bond acceptors (Lipinski definition) is 19. The highest BCUT2D eigenvalue weighted by molar-refractivity contribution is 5.92. The van der Waals surface area contributed by atoms with Crippen molar-refractivity contribution >= 4 is 90.6 Å². The normalized spacial score (nSPS) is 15.4. The number of allylic oxidation sites excluding steroid dienone is 1. The predicted molar refractivity (Wildman–Crippen MR) is 326 cm³/mol. The van der Waals surface area contributed by atoms with Crippen LogP contribution in [0.2, 0.25) is 0 Å².